The topological polar surface area (TPSA) is 39.3 Å². The van der Waals surface area contributed by atoms with Gasteiger partial charge in [0.15, 0.2) is 0 Å². The second-order valence-electron chi connectivity index (χ2n) is 13.8. The van der Waals surface area contributed by atoms with Crippen LogP contribution in [0.25, 0.3) is 95.3 Å². The Bertz CT molecular complexity index is 3490. The van der Waals surface area contributed by atoms with Crippen molar-refractivity contribution in [2.24, 2.45) is 0 Å². The van der Waals surface area contributed by atoms with Crippen molar-refractivity contribution in [3.63, 3.8) is 0 Å². The van der Waals surface area contributed by atoms with Crippen molar-refractivity contribution >= 4 is 130 Å². The summed E-state index contributed by atoms with van der Waals surface area (Å²) in [6.45, 7) is 0. The standard InChI is InChI=1S/C24H15BNO2S.C24H14BrNS/c27-25-28-15-12-13-21-19(14-15)16-6-1-3-9-20(16)26(21)22-10-5-8-18-17-7-2-4-11-23(17)29-24(18)22;25-15-12-13-21-19(14-15)16-6-1-3-9-20(16)26(21)22-10-5-8-18-17-7-2-4-11-23(17)27-24(18)22/h1-14,27H;1-14H. The monoisotopic (exact) mass is 819 g/mol. The maximum absolute atomic E-state index is 9.02. The largest absolute Gasteiger partial charge is 0.569 e. The van der Waals surface area contributed by atoms with Crippen LogP contribution in [-0.2, 0) is 0 Å². The fourth-order valence-electron chi connectivity index (χ4n) is 8.37. The molecule has 12 aromatic rings. The summed E-state index contributed by atoms with van der Waals surface area (Å²) in [5.41, 5.74) is 7.18. The molecule has 1 N–H and O–H groups in total. The number of halogens is 1. The second kappa shape index (κ2) is 13.4. The molecule has 0 aliphatic heterocycles. The predicted octanol–water partition coefficient (Wildman–Crippen LogP) is 14.0. The molecule has 4 aromatic heterocycles. The first-order valence-electron chi connectivity index (χ1n) is 18.3. The quantitative estimate of drug-likeness (QED) is 0.180. The predicted molar refractivity (Wildman–Crippen MR) is 244 cm³/mol. The number of aromatic nitrogens is 2. The van der Waals surface area contributed by atoms with Gasteiger partial charge in [0, 0.05) is 57.0 Å². The van der Waals surface area contributed by atoms with Gasteiger partial charge in [0.25, 0.3) is 0 Å². The molecule has 56 heavy (non-hydrogen) atoms. The van der Waals surface area contributed by atoms with E-state index in [0.717, 1.165) is 34.0 Å². The molecule has 265 valence electrons. The first kappa shape index (κ1) is 33.4. The fourth-order valence-corrected chi connectivity index (χ4v) is 11.1. The molecule has 0 atom stereocenters. The van der Waals surface area contributed by atoms with E-state index in [9.17, 15) is 0 Å². The number of rotatable bonds is 4. The highest BCUT2D eigenvalue weighted by molar-refractivity contribution is 9.10. The molecule has 0 amide bonds. The highest BCUT2D eigenvalue weighted by Gasteiger charge is 2.18. The maximum atomic E-state index is 9.02. The molecule has 0 saturated carbocycles. The number of hydrogen-bond donors (Lipinski definition) is 1. The number of para-hydroxylation sites is 2. The Balaban J connectivity index is 0.000000130. The molecule has 0 spiro atoms. The number of nitrogens with zero attached hydrogens (tertiary/aromatic N) is 2. The number of benzene rings is 8. The van der Waals surface area contributed by atoms with Gasteiger partial charge in [-0.3, -0.25) is 0 Å². The van der Waals surface area contributed by atoms with Crippen molar-refractivity contribution in [3.05, 3.63) is 174 Å². The van der Waals surface area contributed by atoms with Crippen molar-refractivity contribution in [1.82, 2.24) is 9.13 Å². The molecule has 8 heteroatoms. The summed E-state index contributed by atoms with van der Waals surface area (Å²) in [4.78, 5) is 0. The number of thiophene rings is 2. The molecule has 4 heterocycles. The van der Waals surface area contributed by atoms with Crippen LogP contribution in [0.5, 0.6) is 5.75 Å². The Kier molecular flexibility index (Phi) is 8.00. The summed E-state index contributed by atoms with van der Waals surface area (Å²) in [7, 11) is 0.721. The van der Waals surface area contributed by atoms with Crippen molar-refractivity contribution in [3.8, 4) is 17.1 Å². The lowest BCUT2D eigenvalue weighted by Gasteiger charge is -2.09. The minimum atomic E-state index is 0.614. The zero-order valence-corrected chi connectivity index (χ0v) is 32.9. The third-order valence-electron chi connectivity index (χ3n) is 10.7. The van der Waals surface area contributed by atoms with Crippen LogP contribution in [0.15, 0.2) is 174 Å². The van der Waals surface area contributed by atoms with Crippen LogP contribution in [0.1, 0.15) is 0 Å². The summed E-state index contributed by atoms with van der Waals surface area (Å²) in [5.74, 6) is 0.614. The Morgan fingerprint density at radius 2 is 0.875 bits per heavy atom. The molecule has 12 rings (SSSR count). The number of hydrogen-bond acceptors (Lipinski definition) is 4. The fraction of sp³-hybridized carbons (Fsp3) is 0. The lowest BCUT2D eigenvalue weighted by molar-refractivity contribution is 0.454. The maximum Gasteiger partial charge on any atom is 0.569 e. The van der Waals surface area contributed by atoms with E-state index in [1.807, 2.05) is 34.8 Å². The van der Waals surface area contributed by atoms with E-state index < -0.39 is 0 Å². The van der Waals surface area contributed by atoms with Gasteiger partial charge in [0.2, 0.25) is 0 Å². The second-order valence-corrected chi connectivity index (χ2v) is 16.8. The summed E-state index contributed by atoms with van der Waals surface area (Å²) >= 11 is 7.35. The zero-order valence-electron chi connectivity index (χ0n) is 29.7. The van der Waals surface area contributed by atoms with Crippen LogP contribution in [0.2, 0.25) is 0 Å². The molecule has 1 radical (unpaired) electrons. The minimum Gasteiger partial charge on any atom is -0.537 e. The van der Waals surface area contributed by atoms with E-state index in [1.165, 1.54) is 73.5 Å². The minimum absolute atomic E-state index is 0.614. The van der Waals surface area contributed by atoms with E-state index in [4.69, 9.17) is 9.68 Å². The molecule has 4 nitrogen and oxygen atoms in total. The molecular weight excluding hydrogens is 791 g/mol. The van der Waals surface area contributed by atoms with Crippen LogP contribution in [-0.4, -0.2) is 21.8 Å². The Morgan fingerprint density at radius 3 is 1.43 bits per heavy atom. The van der Waals surface area contributed by atoms with Crippen LogP contribution in [0.3, 0.4) is 0 Å². The highest BCUT2D eigenvalue weighted by Crippen LogP contribution is 2.43. The van der Waals surface area contributed by atoms with Gasteiger partial charge in [-0.15, -0.1) is 22.7 Å². The van der Waals surface area contributed by atoms with Crippen LogP contribution in [0.4, 0.5) is 0 Å². The molecule has 0 aliphatic rings. The molecule has 0 saturated heterocycles. The number of fused-ring (bicyclic) bond motifs is 12. The Morgan fingerprint density at radius 1 is 0.429 bits per heavy atom. The summed E-state index contributed by atoms with van der Waals surface area (Å²) in [6.07, 6.45) is 0. The molecule has 0 unspecified atom stereocenters. The third kappa shape index (κ3) is 5.21. The summed E-state index contributed by atoms with van der Waals surface area (Å²) in [5, 5.41) is 19.1. The Labute approximate surface area is 338 Å². The van der Waals surface area contributed by atoms with Crippen molar-refractivity contribution in [2.45, 2.75) is 0 Å². The molecule has 0 bridgehead atoms. The van der Waals surface area contributed by atoms with Crippen LogP contribution < -0.4 is 4.65 Å². The van der Waals surface area contributed by atoms with E-state index in [1.54, 1.807) is 0 Å². The SMILES string of the molecule is Brc1ccc2c(c1)c1ccccc1n2-c1cccc2c1sc1ccccc12.O[B]Oc1ccc2c(c1)c1ccccc1n2-c1cccc2c1sc1ccccc12. The molecular formula is C48H29BBrN2O2S2. The van der Waals surface area contributed by atoms with E-state index in [2.05, 4.69) is 183 Å². The summed E-state index contributed by atoms with van der Waals surface area (Å²) in [6, 6.07) is 60.0. The Hall–Kier alpha value is -5.90. The zero-order chi connectivity index (χ0) is 37.3. The van der Waals surface area contributed by atoms with Gasteiger partial charge in [-0.2, -0.15) is 0 Å². The lowest BCUT2D eigenvalue weighted by Crippen LogP contribution is -1.99. The first-order valence-corrected chi connectivity index (χ1v) is 20.7. The average Bonchev–Trinajstić information content (AvgIpc) is 3.99. The lowest BCUT2D eigenvalue weighted by atomic mass is 10.1. The van der Waals surface area contributed by atoms with Gasteiger partial charge in [-0.05, 0) is 72.8 Å². The van der Waals surface area contributed by atoms with E-state index in [0.29, 0.717) is 5.75 Å². The van der Waals surface area contributed by atoms with Gasteiger partial charge in [0.05, 0.1) is 42.8 Å². The van der Waals surface area contributed by atoms with E-state index in [-0.39, 0.29) is 0 Å². The molecule has 0 aliphatic carbocycles. The van der Waals surface area contributed by atoms with Gasteiger partial charge >= 0.3 is 7.69 Å². The first-order chi connectivity index (χ1) is 27.7. The molecule has 8 aromatic carbocycles. The van der Waals surface area contributed by atoms with Crippen LogP contribution in [0, 0.1) is 0 Å². The van der Waals surface area contributed by atoms with Gasteiger partial charge in [-0.1, -0.05) is 113 Å². The van der Waals surface area contributed by atoms with Crippen LogP contribution >= 0.6 is 38.6 Å². The van der Waals surface area contributed by atoms with Crippen molar-refractivity contribution in [2.75, 3.05) is 0 Å². The van der Waals surface area contributed by atoms with Gasteiger partial charge in [0.1, 0.15) is 5.75 Å². The van der Waals surface area contributed by atoms with Gasteiger partial charge < -0.3 is 18.8 Å². The average molecular weight is 821 g/mol. The highest BCUT2D eigenvalue weighted by atomic mass is 79.9. The third-order valence-corrected chi connectivity index (χ3v) is 13.6. The van der Waals surface area contributed by atoms with Gasteiger partial charge in [-0.25, -0.2) is 0 Å². The smallest absolute Gasteiger partial charge is 0.537 e. The van der Waals surface area contributed by atoms with Crippen molar-refractivity contribution < 1.29 is 9.68 Å². The van der Waals surface area contributed by atoms with Crippen molar-refractivity contribution in [1.29, 1.82) is 0 Å². The van der Waals surface area contributed by atoms with E-state index >= 15 is 0 Å². The summed E-state index contributed by atoms with van der Waals surface area (Å²) < 4.78 is 16.3. The molecule has 0 fully saturated rings. The normalized spacial score (nSPS) is 11.8.